The Kier molecular flexibility index (Phi) is 4.09. The van der Waals surface area contributed by atoms with Crippen molar-refractivity contribution in [3.8, 4) is 0 Å². The maximum Gasteiger partial charge on any atom is 0.274 e. The number of rotatable bonds is 1. The van der Waals surface area contributed by atoms with Gasteiger partial charge in [0.1, 0.15) is 0 Å². The second-order valence-corrected chi connectivity index (χ2v) is 6.56. The molecule has 1 aromatic rings. The number of aromatic nitrogens is 2. The average Bonchev–Trinajstić information content (AvgIpc) is 2.38. The first-order valence-electron chi connectivity index (χ1n) is 6.66. The Labute approximate surface area is 119 Å². The van der Waals surface area contributed by atoms with Gasteiger partial charge >= 0.3 is 0 Å². The minimum absolute atomic E-state index is 0.0449. The van der Waals surface area contributed by atoms with Gasteiger partial charge in [0, 0.05) is 13.1 Å². The summed E-state index contributed by atoms with van der Waals surface area (Å²) >= 11 is 5.67. The summed E-state index contributed by atoms with van der Waals surface area (Å²) in [4.78, 5) is 14.1. The molecule has 0 bridgehead atoms. The zero-order chi connectivity index (χ0) is 14.0. The van der Waals surface area contributed by atoms with Crippen molar-refractivity contribution in [1.29, 1.82) is 0 Å². The van der Waals surface area contributed by atoms with Crippen molar-refractivity contribution in [1.82, 2.24) is 15.1 Å². The molecule has 1 amide bonds. The van der Waals surface area contributed by atoms with Gasteiger partial charge in [0.05, 0.1) is 0 Å². The van der Waals surface area contributed by atoms with Gasteiger partial charge in [-0.15, -0.1) is 10.2 Å². The Morgan fingerprint density at radius 3 is 2.37 bits per heavy atom. The second kappa shape index (κ2) is 5.45. The lowest BCUT2D eigenvalue weighted by Crippen LogP contribution is -2.41. The molecule has 0 spiro atoms. The van der Waals surface area contributed by atoms with Gasteiger partial charge in [-0.2, -0.15) is 0 Å². The molecular formula is C14H20ClN3O. The van der Waals surface area contributed by atoms with Crippen molar-refractivity contribution in [3.63, 3.8) is 0 Å². The molecule has 1 fully saturated rings. The van der Waals surface area contributed by atoms with Gasteiger partial charge in [-0.25, -0.2) is 0 Å². The summed E-state index contributed by atoms with van der Waals surface area (Å²) in [5.41, 5.74) is 0.688. The molecule has 19 heavy (non-hydrogen) atoms. The van der Waals surface area contributed by atoms with Crippen molar-refractivity contribution in [2.24, 2.45) is 11.3 Å². The fraction of sp³-hybridized carbons (Fsp3) is 0.643. The van der Waals surface area contributed by atoms with Gasteiger partial charge in [0.25, 0.3) is 5.91 Å². The third kappa shape index (κ3) is 3.44. The van der Waals surface area contributed by atoms with E-state index in [0.717, 1.165) is 25.9 Å². The smallest absolute Gasteiger partial charge is 0.274 e. The van der Waals surface area contributed by atoms with Crippen LogP contribution in [0, 0.1) is 11.3 Å². The number of hydrogen-bond acceptors (Lipinski definition) is 3. The third-order valence-electron chi connectivity index (χ3n) is 3.86. The highest BCUT2D eigenvalue weighted by Gasteiger charge is 2.31. The fourth-order valence-corrected chi connectivity index (χ4v) is 2.64. The molecule has 1 saturated heterocycles. The average molecular weight is 282 g/mol. The Hall–Kier alpha value is -1.16. The number of halogens is 1. The quantitative estimate of drug-likeness (QED) is 0.795. The van der Waals surface area contributed by atoms with Crippen LogP contribution in [0.4, 0.5) is 0 Å². The van der Waals surface area contributed by atoms with Gasteiger partial charge in [-0.05, 0) is 36.3 Å². The molecule has 0 radical (unpaired) electrons. The molecule has 0 N–H and O–H groups in total. The lowest BCUT2D eigenvalue weighted by atomic mass is 9.75. The molecule has 2 rings (SSSR count). The Morgan fingerprint density at radius 1 is 1.26 bits per heavy atom. The predicted octanol–water partition coefficient (Wildman–Crippen LogP) is 3.03. The highest BCUT2D eigenvalue weighted by Crippen LogP contribution is 2.34. The largest absolute Gasteiger partial charge is 0.337 e. The number of amides is 1. The summed E-state index contributed by atoms with van der Waals surface area (Å²) in [7, 11) is 0. The molecule has 0 unspecified atom stereocenters. The van der Waals surface area contributed by atoms with Crippen LogP contribution in [0.1, 0.15) is 44.1 Å². The molecule has 5 heteroatoms. The van der Waals surface area contributed by atoms with Crippen LogP contribution < -0.4 is 0 Å². The molecule has 2 heterocycles. The van der Waals surface area contributed by atoms with E-state index in [4.69, 9.17) is 11.6 Å². The van der Waals surface area contributed by atoms with Crippen LogP contribution in [0.5, 0.6) is 0 Å². The van der Waals surface area contributed by atoms with Crippen molar-refractivity contribution in [3.05, 3.63) is 23.0 Å². The Balaban J connectivity index is 1.98. The van der Waals surface area contributed by atoms with Crippen LogP contribution in [0.15, 0.2) is 12.1 Å². The van der Waals surface area contributed by atoms with Crippen molar-refractivity contribution in [2.45, 2.75) is 33.6 Å². The number of hydrogen-bond donors (Lipinski definition) is 0. The van der Waals surface area contributed by atoms with E-state index in [1.165, 1.54) is 0 Å². The summed E-state index contributed by atoms with van der Waals surface area (Å²) in [5, 5.41) is 7.87. The van der Waals surface area contributed by atoms with Crippen LogP contribution in [-0.4, -0.2) is 34.1 Å². The normalized spacial score (nSPS) is 17.6. The first-order chi connectivity index (χ1) is 8.88. The van der Waals surface area contributed by atoms with Gasteiger partial charge in [-0.1, -0.05) is 32.4 Å². The predicted molar refractivity (Wildman–Crippen MR) is 75.1 cm³/mol. The monoisotopic (exact) mass is 281 g/mol. The highest BCUT2D eigenvalue weighted by molar-refractivity contribution is 6.29. The summed E-state index contributed by atoms with van der Waals surface area (Å²) in [6, 6.07) is 3.23. The highest BCUT2D eigenvalue weighted by atomic mass is 35.5. The van der Waals surface area contributed by atoms with Gasteiger partial charge in [0.2, 0.25) is 0 Å². The molecular weight excluding hydrogens is 262 g/mol. The fourth-order valence-electron chi connectivity index (χ4n) is 2.54. The standard InChI is InChI=1S/C14H20ClN3O/c1-14(2,3)10-6-8-18(9-7-10)13(19)11-4-5-12(15)17-16-11/h4-5,10H,6-9H2,1-3H3. The second-order valence-electron chi connectivity index (χ2n) is 6.17. The number of carbonyl (C=O) groups excluding carboxylic acids is 1. The lowest BCUT2D eigenvalue weighted by Gasteiger charge is -2.38. The van der Waals surface area contributed by atoms with Crippen LogP contribution in [-0.2, 0) is 0 Å². The molecule has 1 aromatic heterocycles. The number of likely N-dealkylation sites (tertiary alicyclic amines) is 1. The van der Waals surface area contributed by atoms with Crippen molar-refractivity contribution in [2.75, 3.05) is 13.1 Å². The van der Waals surface area contributed by atoms with E-state index in [2.05, 4.69) is 31.0 Å². The summed E-state index contributed by atoms with van der Waals surface area (Å²) in [6.45, 7) is 8.38. The van der Waals surface area contributed by atoms with E-state index in [1.807, 2.05) is 4.90 Å². The van der Waals surface area contributed by atoms with Crippen LogP contribution in [0.3, 0.4) is 0 Å². The lowest BCUT2D eigenvalue weighted by molar-refractivity contribution is 0.0602. The van der Waals surface area contributed by atoms with E-state index in [1.54, 1.807) is 12.1 Å². The molecule has 0 atom stereocenters. The number of carbonyl (C=O) groups is 1. The molecule has 1 aliphatic heterocycles. The summed E-state index contributed by atoms with van der Waals surface area (Å²) in [6.07, 6.45) is 2.10. The van der Waals surface area contributed by atoms with E-state index < -0.39 is 0 Å². The topological polar surface area (TPSA) is 46.1 Å². The first kappa shape index (κ1) is 14.3. The van der Waals surface area contributed by atoms with E-state index in [0.29, 0.717) is 22.2 Å². The SMILES string of the molecule is CC(C)(C)C1CCN(C(=O)c2ccc(Cl)nn2)CC1. The number of piperidine rings is 1. The van der Waals surface area contributed by atoms with Crippen molar-refractivity contribution < 1.29 is 4.79 Å². The van der Waals surface area contributed by atoms with Crippen LogP contribution in [0.2, 0.25) is 5.15 Å². The van der Waals surface area contributed by atoms with Gasteiger partial charge < -0.3 is 4.90 Å². The zero-order valence-corrected chi connectivity index (χ0v) is 12.4. The zero-order valence-electron chi connectivity index (χ0n) is 11.7. The number of nitrogens with zero attached hydrogens (tertiary/aromatic N) is 3. The maximum atomic E-state index is 12.2. The minimum atomic E-state index is -0.0449. The van der Waals surface area contributed by atoms with Crippen LogP contribution in [0.25, 0.3) is 0 Å². The first-order valence-corrected chi connectivity index (χ1v) is 7.04. The molecule has 0 aliphatic carbocycles. The minimum Gasteiger partial charge on any atom is -0.337 e. The molecule has 0 saturated carbocycles. The van der Waals surface area contributed by atoms with E-state index in [-0.39, 0.29) is 5.91 Å². The Bertz CT molecular complexity index is 445. The summed E-state index contributed by atoms with van der Waals surface area (Å²) in [5.74, 6) is 0.629. The van der Waals surface area contributed by atoms with Gasteiger partial charge in [-0.3, -0.25) is 4.79 Å². The molecule has 4 nitrogen and oxygen atoms in total. The van der Waals surface area contributed by atoms with Crippen molar-refractivity contribution >= 4 is 17.5 Å². The van der Waals surface area contributed by atoms with Crippen LogP contribution >= 0.6 is 11.6 Å². The van der Waals surface area contributed by atoms with Gasteiger partial charge in [0.15, 0.2) is 10.8 Å². The maximum absolute atomic E-state index is 12.2. The summed E-state index contributed by atoms with van der Waals surface area (Å²) < 4.78 is 0. The van der Waals surface area contributed by atoms with E-state index in [9.17, 15) is 4.79 Å². The van der Waals surface area contributed by atoms with E-state index >= 15 is 0 Å². The molecule has 1 aliphatic rings. The third-order valence-corrected chi connectivity index (χ3v) is 4.06. The Morgan fingerprint density at radius 2 is 1.89 bits per heavy atom. The molecule has 104 valence electrons. The molecule has 0 aromatic carbocycles.